The molecular weight excluding hydrogens is 234 g/mol. The van der Waals surface area contributed by atoms with Crippen molar-refractivity contribution in [3.8, 4) is 5.69 Å². The van der Waals surface area contributed by atoms with E-state index in [0.29, 0.717) is 5.92 Å². The molecule has 0 amide bonds. The van der Waals surface area contributed by atoms with Crippen molar-refractivity contribution >= 4 is 0 Å². The molecule has 0 aliphatic rings. The normalized spacial score (nSPS) is 12.9. The molecule has 19 heavy (non-hydrogen) atoms. The Kier molecular flexibility index (Phi) is 4.05. The minimum atomic E-state index is 0.0307. The summed E-state index contributed by atoms with van der Waals surface area (Å²) in [5.74, 6) is 0.581. The number of rotatable bonds is 4. The van der Waals surface area contributed by atoms with Gasteiger partial charge in [-0.3, -0.25) is 0 Å². The van der Waals surface area contributed by atoms with Crippen LogP contribution in [0.3, 0.4) is 0 Å². The molecule has 1 unspecified atom stereocenters. The third-order valence-corrected chi connectivity index (χ3v) is 3.38. The molecule has 2 aromatic rings. The molecule has 102 valence electrons. The van der Waals surface area contributed by atoms with Crippen LogP contribution in [0, 0.1) is 19.8 Å². The predicted octanol–water partition coefficient (Wildman–Crippen LogP) is 3.54. The van der Waals surface area contributed by atoms with Crippen LogP contribution in [0.2, 0.25) is 0 Å². The Morgan fingerprint density at radius 3 is 2.63 bits per heavy atom. The lowest BCUT2D eigenvalue weighted by atomic mass is 10.0. The summed E-state index contributed by atoms with van der Waals surface area (Å²) in [5.41, 5.74) is 11.1. The first-order valence-corrected chi connectivity index (χ1v) is 6.84. The maximum absolute atomic E-state index is 6.30. The molecule has 1 heterocycles. The number of benzene rings is 1. The largest absolute Gasteiger partial charge is 0.323 e. The SMILES string of the molecule is Cc1ccc(-n2cncc2C(N)CC(C)C)c(C)c1. The summed E-state index contributed by atoms with van der Waals surface area (Å²) in [5, 5.41) is 0. The van der Waals surface area contributed by atoms with Crippen molar-refractivity contribution < 1.29 is 0 Å². The highest BCUT2D eigenvalue weighted by Gasteiger charge is 2.15. The highest BCUT2D eigenvalue weighted by molar-refractivity contribution is 5.44. The molecule has 0 bridgehead atoms. The first kappa shape index (κ1) is 13.8. The van der Waals surface area contributed by atoms with Crippen molar-refractivity contribution in [3.63, 3.8) is 0 Å². The van der Waals surface area contributed by atoms with Gasteiger partial charge in [-0.1, -0.05) is 31.5 Å². The van der Waals surface area contributed by atoms with Gasteiger partial charge in [0, 0.05) is 11.7 Å². The molecule has 1 aromatic carbocycles. The summed E-state index contributed by atoms with van der Waals surface area (Å²) in [7, 11) is 0. The van der Waals surface area contributed by atoms with Crippen LogP contribution < -0.4 is 5.73 Å². The molecule has 3 heteroatoms. The number of hydrogen-bond donors (Lipinski definition) is 1. The Hall–Kier alpha value is -1.61. The predicted molar refractivity (Wildman–Crippen MR) is 79.4 cm³/mol. The number of hydrogen-bond acceptors (Lipinski definition) is 2. The zero-order chi connectivity index (χ0) is 14.0. The first-order chi connectivity index (χ1) is 8.99. The van der Waals surface area contributed by atoms with E-state index in [1.807, 2.05) is 12.5 Å². The molecule has 2 rings (SSSR count). The summed E-state index contributed by atoms with van der Waals surface area (Å²) in [6, 6.07) is 6.48. The van der Waals surface area contributed by atoms with Gasteiger partial charge in [0.25, 0.3) is 0 Å². The van der Waals surface area contributed by atoms with Crippen molar-refractivity contribution in [3.05, 3.63) is 47.5 Å². The Bertz CT molecular complexity index is 555. The Labute approximate surface area is 115 Å². The minimum Gasteiger partial charge on any atom is -0.323 e. The second-order valence-electron chi connectivity index (χ2n) is 5.71. The van der Waals surface area contributed by atoms with E-state index in [-0.39, 0.29) is 6.04 Å². The summed E-state index contributed by atoms with van der Waals surface area (Å²) in [6.45, 7) is 8.62. The van der Waals surface area contributed by atoms with E-state index in [4.69, 9.17) is 5.73 Å². The molecule has 0 aliphatic heterocycles. The molecule has 3 nitrogen and oxygen atoms in total. The van der Waals surface area contributed by atoms with Gasteiger partial charge in [-0.2, -0.15) is 0 Å². The van der Waals surface area contributed by atoms with Crippen LogP contribution in [0.5, 0.6) is 0 Å². The first-order valence-electron chi connectivity index (χ1n) is 6.84. The van der Waals surface area contributed by atoms with E-state index in [1.165, 1.54) is 11.1 Å². The van der Waals surface area contributed by atoms with Gasteiger partial charge >= 0.3 is 0 Å². The van der Waals surface area contributed by atoms with Crippen LogP contribution in [0.25, 0.3) is 5.69 Å². The fraction of sp³-hybridized carbons (Fsp3) is 0.438. The number of imidazole rings is 1. The molecule has 0 fully saturated rings. The number of aromatic nitrogens is 2. The van der Waals surface area contributed by atoms with E-state index >= 15 is 0 Å². The number of aryl methyl sites for hydroxylation is 2. The molecular formula is C16H23N3. The van der Waals surface area contributed by atoms with Crippen LogP contribution in [0.4, 0.5) is 0 Å². The van der Waals surface area contributed by atoms with E-state index in [1.54, 1.807) is 0 Å². The minimum absolute atomic E-state index is 0.0307. The second kappa shape index (κ2) is 5.57. The maximum Gasteiger partial charge on any atom is 0.0994 e. The van der Waals surface area contributed by atoms with Crippen molar-refractivity contribution in [2.45, 2.75) is 40.2 Å². The Balaban J connectivity index is 2.38. The monoisotopic (exact) mass is 257 g/mol. The van der Waals surface area contributed by atoms with Crippen molar-refractivity contribution in [1.29, 1.82) is 0 Å². The van der Waals surface area contributed by atoms with Gasteiger partial charge in [0.2, 0.25) is 0 Å². The molecule has 0 radical (unpaired) electrons. The summed E-state index contributed by atoms with van der Waals surface area (Å²) >= 11 is 0. The third kappa shape index (κ3) is 3.04. The molecule has 1 atom stereocenters. The van der Waals surface area contributed by atoms with Gasteiger partial charge in [-0.25, -0.2) is 4.98 Å². The van der Waals surface area contributed by atoms with Gasteiger partial charge in [0.1, 0.15) is 0 Å². The number of nitrogens with zero attached hydrogens (tertiary/aromatic N) is 2. The topological polar surface area (TPSA) is 43.8 Å². The van der Waals surface area contributed by atoms with Gasteiger partial charge in [-0.05, 0) is 37.8 Å². The van der Waals surface area contributed by atoms with Gasteiger partial charge in [0.15, 0.2) is 0 Å². The molecule has 2 N–H and O–H groups in total. The van der Waals surface area contributed by atoms with E-state index < -0.39 is 0 Å². The van der Waals surface area contributed by atoms with E-state index in [0.717, 1.165) is 17.8 Å². The summed E-state index contributed by atoms with van der Waals surface area (Å²) < 4.78 is 2.11. The van der Waals surface area contributed by atoms with Crippen LogP contribution >= 0.6 is 0 Å². The highest BCUT2D eigenvalue weighted by atomic mass is 15.1. The summed E-state index contributed by atoms with van der Waals surface area (Å²) in [6.07, 6.45) is 4.70. The Morgan fingerprint density at radius 2 is 2.00 bits per heavy atom. The lowest BCUT2D eigenvalue weighted by Gasteiger charge is -2.18. The molecule has 1 aromatic heterocycles. The average Bonchev–Trinajstić information content (AvgIpc) is 2.76. The molecule has 0 saturated heterocycles. The van der Waals surface area contributed by atoms with Gasteiger partial charge < -0.3 is 10.3 Å². The highest BCUT2D eigenvalue weighted by Crippen LogP contribution is 2.23. The van der Waals surface area contributed by atoms with E-state index in [9.17, 15) is 0 Å². The van der Waals surface area contributed by atoms with E-state index in [2.05, 4.69) is 55.4 Å². The zero-order valence-electron chi connectivity index (χ0n) is 12.2. The average molecular weight is 257 g/mol. The van der Waals surface area contributed by atoms with Crippen molar-refractivity contribution in [1.82, 2.24) is 9.55 Å². The Morgan fingerprint density at radius 1 is 1.26 bits per heavy atom. The molecule has 0 spiro atoms. The van der Waals surface area contributed by atoms with Gasteiger partial charge in [-0.15, -0.1) is 0 Å². The van der Waals surface area contributed by atoms with Crippen LogP contribution in [-0.2, 0) is 0 Å². The van der Waals surface area contributed by atoms with Crippen molar-refractivity contribution in [2.24, 2.45) is 11.7 Å². The van der Waals surface area contributed by atoms with Crippen LogP contribution in [0.1, 0.15) is 43.1 Å². The lowest BCUT2D eigenvalue weighted by molar-refractivity contribution is 0.498. The van der Waals surface area contributed by atoms with Crippen molar-refractivity contribution in [2.75, 3.05) is 0 Å². The molecule has 0 saturated carbocycles. The summed E-state index contributed by atoms with van der Waals surface area (Å²) in [4.78, 5) is 4.27. The standard InChI is InChI=1S/C16H23N3/c1-11(2)7-14(17)16-9-18-10-19(16)15-6-5-12(3)8-13(15)4/h5-6,8-11,14H,7,17H2,1-4H3. The van der Waals surface area contributed by atoms with Crippen LogP contribution in [0.15, 0.2) is 30.7 Å². The fourth-order valence-electron chi connectivity index (χ4n) is 2.49. The third-order valence-electron chi connectivity index (χ3n) is 3.38. The zero-order valence-corrected chi connectivity index (χ0v) is 12.2. The number of nitrogens with two attached hydrogens (primary N) is 1. The molecule has 0 aliphatic carbocycles. The fourth-order valence-corrected chi connectivity index (χ4v) is 2.49. The van der Waals surface area contributed by atoms with Crippen LogP contribution in [-0.4, -0.2) is 9.55 Å². The smallest absolute Gasteiger partial charge is 0.0994 e. The van der Waals surface area contributed by atoms with Gasteiger partial charge in [0.05, 0.1) is 18.2 Å². The lowest BCUT2D eigenvalue weighted by Crippen LogP contribution is -2.17. The maximum atomic E-state index is 6.30. The quantitative estimate of drug-likeness (QED) is 0.910. The second-order valence-corrected chi connectivity index (χ2v) is 5.71.